The molecule has 1 heterocycles. The van der Waals surface area contributed by atoms with Crippen LogP contribution in [0.4, 0.5) is 13.2 Å². The largest absolute Gasteiger partial charge is 0.391 e. The molecule has 3 unspecified atom stereocenters. The third-order valence-corrected chi connectivity index (χ3v) is 4.88. The van der Waals surface area contributed by atoms with Gasteiger partial charge in [-0.3, -0.25) is 0 Å². The van der Waals surface area contributed by atoms with Crippen LogP contribution < -0.4 is 0 Å². The van der Waals surface area contributed by atoms with E-state index < -0.39 is 12.1 Å². The number of imidazole rings is 1. The van der Waals surface area contributed by atoms with E-state index in [-0.39, 0.29) is 18.8 Å². The Kier molecular flexibility index (Phi) is 3.55. The van der Waals surface area contributed by atoms with Gasteiger partial charge in [0.1, 0.15) is 5.82 Å². The Balaban J connectivity index is 1.79. The van der Waals surface area contributed by atoms with Gasteiger partial charge in [-0.05, 0) is 38.5 Å². The van der Waals surface area contributed by atoms with Gasteiger partial charge in [-0.15, -0.1) is 0 Å². The lowest BCUT2D eigenvalue weighted by Crippen LogP contribution is -2.28. The molecule has 1 saturated carbocycles. The van der Waals surface area contributed by atoms with Crippen LogP contribution in [-0.2, 0) is 6.42 Å². The molecule has 2 aliphatic rings. The van der Waals surface area contributed by atoms with Crippen molar-refractivity contribution in [2.75, 3.05) is 0 Å². The van der Waals surface area contributed by atoms with E-state index in [0.29, 0.717) is 12.3 Å². The quantitative estimate of drug-likeness (QED) is 0.797. The van der Waals surface area contributed by atoms with Gasteiger partial charge in [0, 0.05) is 17.5 Å². The molecule has 1 fully saturated rings. The van der Waals surface area contributed by atoms with Crippen molar-refractivity contribution >= 4 is 0 Å². The van der Waals surface area contributed by atoms with Crippen LogP contribution in [0, 0.1) is 5.92 Å². The van der Waals surface area contributed by atoms with E-state index >= 15 is 0 Å². The minimum Gasteiger partial charge on any atom is -0.345 e. The molecule has 0 amide bonds. The molecule has 20 heavy (non-hydrogen) atoms. The van der Waals surface area contributed by atoms with Crippen LogP contribution in [0.3, 0.4) is 0 Å². The molecule has 0 aromatic carbocycles. The molecule has 2 aliphatic carbocycles. The number of rotatable bonds is 1. The van der Waals surface area contributed by atoms with E-state index in [1.165, 1.54) is 0 Å². The van der Waals surface area contributed by atoms with Gasteiger partial charge in [-0.1, -0.05) is 13.3 Å². The molecule has 3 atom stereocenters. The number of aryl methyl sites for hydroxylation is 1. The normalized spacial score (nSPS) is 31.1. The molecule has 0 radical (unpaired) electrons. The summed E-state index contributed by atoms with van der Waals surface area (Å²) in [5, 5.41) is 0. The van der Waals surface area contributed by atoms with Crippen LogP contribution in [0.2, 0.25) is 0 Å². The van der Waals surface area contributed by atoms with Gasteiger partial charge in [-0.25, -0.2) is 4.98 Å². The smallest absolute Gasteiger partial charge is 0.345 e. The number of nitrogens with one attached hydrogen (secondary N) is 1. The second-order valence-electron chi connectivity index (χ2n) is 6.38. The molecule has 1 aromatic heterocycles. The molecular weight excluding hydrogens is 265 g/mol. The van der Waals surface area contributed by atoms with Crippen LogP contribution in [0.5, 0.6) is 0 Å². The Bertz CT molecular complexity index is 478. The van der Waals surface area contributed by atoms with Crippen LogP contribution in [0.25, 0.3) is 0 Å². The Morgan fingerprint density at radius 2 is 1.95 bits per heavy atom. The van der Waals surface area contributed by atoms with Gasteiger partial charge in [0.15, 0.2) is 0 Å². The lowest BCUT2D eigenvalue weighted by Gasteiger charge is -2.29. The summed E-state index contributed by atoms with van der Waals surface area (Å²) in [6.07, 6.45) is 1.16. The highest BCUT2D eigenvalue weighted by Gasteiger charge is 2.43. The molecule has 1 N–H and O–H groups in total. The molecule has 5 heteroatoms. The van der Waals surface area contributed by atoms with Crippen molar-refractivity contribution in [1.29, 1.82) is 0 Å². The minimum atomic E-state index is -4.06. The minimum absolute atomic E-state index is 0.0480. The van der Waals surface area contributed by atoms with Crippen molar-refractivity contribution in [1.82, 2.24) is 9.97 Å². The number of hydrogen-bond donors (Lipinski definition) is 1. The highest BCUT2D eigenvalue weighted by Crippen LogP contribution is 2.43. The maximum atomic E-state index is 12.9. The van der Waals surface area contributed by atoms with E-state index in [0.717, 1.165) is 42.9 Å². The van der Waals surface area contributed by atoms with Crippen molar-refractivity contribution in [3.8, 4) is 0 Å². The van der Waals surface area contributed by atoms with E-state index in [1.54, 1.807) is 0 Å². The van der Waals surface area contributed by atoms with Crippen molar-refractivity contribution in [2.24, 2.45) is 5.92 Å². The summed E-state index contributed by atoms with van der Waals surface area (Å²) in [6, 6.07) is 0. The SMILES string of the molecule is CC1CCCc2[nH]c(C3CCCC(C(F)(F)F)C3)nc21. The van der Waals surface area contributed by atoms with Gasteiger partial charge in [0.25, 0.3) is 0 Å². The Hall–Kier alpha value is -1.00. The average Bonchev–Trinajstić information content (AvgIpc) is 2.83. The fraction of sp³-hybridized carbons (Fsp3) is 0.800. The van der Waals surface area contributed by atoms with Crippen molar-refractivity contribution < 1.29 is 13.2 Å². The number of aromatic amines is 1. The molecule has 0 bridgehead atoms. The number of fused-ring (bicyclic) bond motifs is 1. The number of halogens is 3. The van der Waals surface area contributed by atoms with E-state index in [4.69, 9.17) is 0 Å². The first-order chi connectivity index (χ1) is 9.45. The summed E-state index contributed by atoms with van der Waals surface area (Å²) in [5.74, 6) is 0.0393. The Morgan fingerprint density at radius 3 is 2.65 bits per heavy atom. The maximum absolute atomic E-state index is 12.9. The first-order valence-electron chi connectivity index (χ1n) is 7.60. The molecule has 112 valence electrons. The molecule has 0 spiro atoms. The highest BCUT2D eigenvalue weighted by molar-refractivity contribution is 5.23. The Labute approximate surface area is 117 Å². The molecule has 3 rings (SSSR count). The first kappa shape index (κ1) is 14.0. The monoisotopic (exact) mass is 286 g/mol. The summed E-state index contributed by atoms with van der Waals surface area (Å²) in [7, 11) is 0. The van der Waals surface area contributed by atoms with E-state index in [2.05, 4.69) is 16.9 Å². The second-order valence-corrected chi connectivity index (χ2v) is 6.38. The van der Waals surface area contributed by atoms with Crippen molar-refractivity contribution in [3.05, 3.63) is 17.2 Å². The van der Waals surface area contributed by atoms with Crippen LogP contribution in [-0.4, -0.2) is 16.1 Å². The fourth-order valence-electron chi connectivity index (χ4n) is 3.69. The third-order valence-electron chi connectivity index (χ3n) is 4.88. The number of aromatic nitrogens is 2. The number of alkyl halides is 3. The standard InChI is InChI=1S/C15H21F3N2/c1-9-4-2-7-12-13(9)20-14(19-12)10-5-3-6-11(8-10)15(16,17)18/h9-11H,2-8H2,1H3,(H,19,20). The first-order valence-corrected chi connectivity index (χ1v) is 7.60. The summed E-state index contributed by atoms with van der Waals surface area (Å²) in [5.41, 5.74) is 2.26. The molecular formula is C15H21F3N2. The van der Waals surface area contributed by atoms with Gasteiger partial charge in [0.05, 0.1) is 11.6 Å². The number of hydrogen-bond acceptors (Lipinski definition) is 1. The van der Waals surface area contributed by atoms with Gasteiger partial charge in [-0.2, -0.15) is 13.2 Å². The van der Waals surface area contributed by atoms with E-state index in [1.807, 2.05) is 0 Å². The maximum Gasteiger partial charge on any atom is 0.391 e. The zero-order valence-corrected chi connectivity index (χ0v) is 11.8. The predicted octanol–water partition coefficient (Wildman–Crippen LogP) is 4.69. The van der Waals surface area contributed by atoms with E-state index in [9.17, 15) is 13.2 Å². The van der Waals surface area contributed by atoms with Crippen LogP contribution in [0.15, 0.2) is 0 Å². The molecule has 0 saturated heterocycles. The van der Waals surface area contributed by atoms with Crippen molar-refractivity contribution in [3.63, 3.8) is 0 Å². The molecule has 1 aromatic rings. The van der Waals surface area contributed by atoms with Crippen LogP contribution >= 0.6 is 0 Å². The second kappa shape index (κ2) is 5.08. The van der Waals surface area contributed by atoms with Gasteiger partial charge in [0.2, 0.25) is 0 Å². The third kappa shape index (κ3) is 2.59. The number of nitrogens with zero attached hydrogens (tertiary/aromatic N) is 1. The zero-order chi connectivity index (χ0) is 14.3. The summed E-state index contributed by atoms with van der Waals surface area (Å²) in [6.45, 7) is 2.15. The van der Waals surface area contributed by atoms with Crippen molar-refractivity contribution in [2.45, 2.75) is 69.9 Å². The van der Waals surface area contributed by atoms with Gasteiger partial charge >= 0.3 is 6.18 Å². The molecule has 2 nitrogen and oxygen atoms in total. The average molecular weight is 286 g/mol. The highest BCUT2D eigenvalue weighted by atomic mass is 19.4. The summed E-state index contributed by atoms with van der Waals surface area (Å²) >= 11 is 0. The predicted molar refractivity (Wildman–Crippen MR) is 70.7 cm³/mol. The molecule has 0 aliphatic heterocycles. The Morgan fingerprint density at radius 1 is 1.15 bits per heavy atom. The fourth-order valence-corrected chi connectivity index (χ4v) is 3.69. The number of H-pyrrole nitrogens is 1. The summed E-state index contributed by atoms with van der Waals surface area (Å²) < 4.78 is 38.7. The topological polar surface area (TPSA) is 28.7 Å². The lowest BCUT2D eigenvalue weighted by atomic mass is 9.80. The van der Waals surface area contributed by atoms with Gasteiger partial charge < -0.3 is 4.98 Å². The lowest BCUT2D eigenvalue weighted by molar-refractivity contribution is -0.183. The summed E-state index contributed by atoms with van der Waals surface area (Å²) in [4.78, 5) is 7.98. The zero-order valence-electron chi connectivity index (χ0n) is 11.8. The van der Waals surface area contributed by atoms with Crippen LogP contribution in [0.1, 0.15) is 74.5 Å².